The first-order chi connectivity index (χ1) is 10.7. The van der Waals surface area contributed by atoms with Gasteiger partial charge in [0.2, 0.25) is 0 Å². The highest BCUT2D eigenvalue weighted by Crippen LogP contribution is 2.32. The highest BCUT2D eigenvalue weighted by atomic mass is 16.5. The average molecular weight is 294 g/mol. The normalized spacial score (nSPS) is 10.6. The Balaban J connectivity index is 2.08. The van der Waals surface area contributed by atoms with E-state index in [1.54, 1.807) is 4.68 Å². The second-order valence-corrected chi connectivity index (χ2v) is 5.00. The summed E-state index contributed by atoms with van der Waals surface area (Å²) in [4.78, 5) is 0. The van der Waals surface area contributed by atoms with E-state index in [9.17, 15) is 0 Å². The summed E-state index contributed by atoms with van der Waals surface area (Å²) in [6.45, 7) is 4.56. The molecule has 1 heterocycles. The van der Waals surface area contributed by atoms with Gasteiger partial charge in [0.15, 0.2) is 5.82 Å². The summed E-state index contributed by atoms with van der Waals surface area (Å²) in [6, 6.07) is 15.7. The van der Waals surface area contributed by atoms with E-state index in [-0.39, 0.29) is 0 Å². The molecule has 0 unspecified atom stereocenters. The fraction of sp³-hybridized carbons (Fsp3) is 0.176. The lowest BCUT2D eigenvalue weighted by molar-refractivity contribution is 0.341. The van der Waals surface area contributed by atoms with Crippen LogP contribution in [0.2, 0.25) is 0 Å². The molecule has 1 aromatic heterocycles. The number of hydrogen-bond donors (Lipinski definition) is 1. The van der Waals surface area contributed by atoms with Crippen LogP contribution in [0.4, 0.5) is 5.82 Å². The monoisotopic (exact) mass is 294 g/mol. The number of anilines is 1. The van der Waals surface area contributed by atoms with Gasteiger partial charge in [0.25, 0.3) is 0 Å². The van der Waals surface area contributed by atoms with Crippen LogP contribution in [0.5, 0.6) is 5.75 Å². The van der Waals surface area contributed by atoms with Crippen LogP contribution in [-0.4, -0.2) is 21.6 Å². The largest absolute Gasteiger partial charge is 0.493 e. The molecule has 0 bridgehead atoms. The topological polar surface area (TPSA) is 66.0 Å². The smallest absolute Gasteiger partial charge is 0.156 e. The van der Waals surface area contributed by atoms with Crippen molar-refractivity contribution in [3.63, 3.8) is 0 Å². The number of ether oxygens (including phenoxy) is 1. The van der Waals surface area contributed by atoms with Gasteiger partial charge in [-0.15, -0.1) is 5.10 Å². The number of nitrogen functional groups attached to an aromatic ring is 1. The number of hydrogen-bond acceptors (Lipinski definition) is 4. The quantitative estimate of drug-likeness (QED) is 0.802. The second-order valence-electron chi connectivity index (χ2n) is 5.00. The lowest BCUT2D eigenvalue weighted by Gasteiger charge is -2.09. The minimum Gasteiger partial charge on any atom is -0.493 e. The second kappa shape index (κ2) is 5.89. The van der Waals surface area contributed by atoms with Crippen LogP contribution in [0.15, 0.2) is 48.5 Å². The molecular weight excluding hydrogens is 276 g/mol. The number of para-hydroxylation sites is 1. The first-order valence-corrected chi connectivity index (χ1v) is 7.21. The standard InChI is InChI=1S/C17H18N4O/c1-3-22-15-10-5-4-9-14(15)16-17(18)21(20-19-16)13-8-6-7-12(2)11-13/h4-11H,3,18H2,1-2H3. The van der Waals surface area contributed by atoms with Crippen molar-refractivity contribution in [2.45, 2.75) is 13.8 Å². The van der Waals surface area contributed by atoms with Gasteiger partial charge in [-0.3, -0.25) is 0 Å². The number of aromatic nitrogens is 3. The molecule has 0 saturated heterocycles. The van der Waals surface area contributed by atoms with Gasteiger partial charge in [-0.25, -0.2) is 0 Å². The molecule has 5 nitrogen and oxygen atoms in total. The summed E-state index contributed by atoms with van der Waals surface area (Å²) in [5, 5.41) is 8.43. The van der Waals surface area contributed by atoms with Gasteiger partial charge < -0.3 is 10.5 Å². The Labute approximate surface area is 129 Å². The highest BCUT2D eigenvalue weighted by Gasteiger charge is 2.16. The molecule has 0 fully saturated rings. The molecule has 0 atom stereocenters. The molecule has 0 aliphatic carbocycles. The molecule has 0 aliphatic rings. The van der Waals surface area contributed by atoms with Gasteiger partial charge in [0.1, 0.15) is 11.4 Å². The minimum absolute atomic E-state index is 0.498. The van der Waals surface area contributed by atoms with Crippen LogP contribution < -0.4 is 10.5 Å². The molecule has 0 aliphatic heterocycles. The fourth-order valence-corrected chi connectivity index (χ4v) is 2.38. The third kappa shape index (κ3) is 2.53. The Kier molecular flexibility index (Phi) is 3.78. The van der Waals surface area contributed by atoms with Crippen molar-refractivity contribution in [3.05, 3.63) is 54.1 Å². The Morgan fingerprint density at radius 2 is 1.95 bits per heavy atom. The summed E-state index contributed by atoms with van der Waals surface area (Å²) < 4.78 is 7.29. The van der Waals surface area contributed by atoms with Gasteiger partial charge in [-0.2, -0.15) is 4.68 Å². The first-order valence-electron chi connectivity index (χ1n) is 7.21. The molecule has 5 heteroatoms. The maximum atomic E-state index is 6.26. The third-order valence-corrected chi connectivity index (χ3v) is 3.39. The predicted molar refractivity (Wildman–Crippen MR) is 87.1 cm³/mol. The van der Waals surface area contributed by atoms with E-state index in [0.717, 1.165) is 22.6 Å². The van der Waals surface area contributed by atoms with Crippen LogP contribution in [0.1, 0.15) is 12.5 Å². The molecule has 0 spiro atoms. The van der Waals surface area contributed by atoms with Gasteiger partial charge >= 0.3 is 0 Å². The number of rotatable bonds is 4. The minimum atomic E-state index is 0.498. The zero-order chi connectivity index (χ0) is 15.5. The Morgan fingerprint density at radius 3 is 2.73 bits per heavy atom. The Bertz CT molecular complexity index is 795. The SMILES string of the molecule is CCOc1ccccc1-c1nnn(-c2cccc(C)c2)c1N. The Morgan fingerprint density at radius 1 is 1.14 bits per heavy atom. The van der Waals surface area contributed by atoms with Crippen molar-refractivity contribution in [1.82, 2.24) is 15.0 Å². The summed E-state index contributed by atoms with van der Waals surface area (Å²) in [5.74, 6) is 1.26. The van der Waals surface area contributed by atoms with Crippen molar-refractivity contribution in [1.29, 1.82) is 0 Å². The van der Waals surface area contributed by atoms with Crippen molar-refractivity contribution < 1.29 is 4.74 Å². The highest BCUT2D eigenvalue weighted by molar-refractivity contribution is 5.75. The lowest BCUT2D eigenvalue weighted by Crippen LogP contribution is -2.02. The van der Waals surface area contributed by atoms with Crippen LogP contribution in [-0.2, 0) is 0 Å². The number of nitrogens with two attached hydrogens (primary N) is 1. The van der Waals surface area contributed by atoms with Gasteiger partial charge in [-0.05, 0) is 43.7 Å². The maximum Gasteiger partial charge on any atom is 0.156 e. The maximum absolute atomic E-state index is 6.26. The van der Waals surface area contributed by atoms with Crippen molar-refractivity contribution in [2.24, 2.45) is 0 Å². The molecule has 3 aromatic rings. The molecule has 112 valence electrons. The van der Waals surface area contributed by atoms with Crippen LogP contribution >= 0.6 is 0 Å². The fourth-order valence-electron chi connectivity index (χ4n) is 2.38. The van der Waals surface area contributed by atoms with Gasteiger partial charge in [0, 0.05) is 5.56 Å². The summed E-state index contributed by atoms with van der Waals surface area (Å²) in [7, 11) is 0. The number of aryl methyl sites for hydroxylation is 1. The summed E-state index contributed by atoms with van der Waals surface area (Å²) in [6.07, 6.45) is 0. The van der Waals surface area contributed by atoms with Gasteiger partial charge in [-0.1, -0.05) is 29.5 Å². The number of nitrogens with zero attached hydrogens (tertiary/aromatic N) is 3. The van der Waals surface area contributed by atoms with Crippen LogP contribution in [0.25, 0.3) is 16.9 Å². The summed E-state index contributed by atoms with van der Waals surface area (Å²) in [5.41, 5.74) is 9.78. The van der Waals surface area contributed by atoms with Gasteiger partial charge in [0.05, 0.1) is 12.3 Å². The van der Waals surface area contributed by atoms with Crippen molar-refractivity contribution in [3.8, 4) is 22.7 Å². The number of benzene rings is 2. The molecule has 0 saturated carbocycles. The zero-order valence-electron chi connectivity index (χ0n) is 12.7. The predicted octanol–water partition coefficient (Wildman–Crippen LogP) is 3.22. The van der Waals surface area contributed by atoms with E-state index in [0.29, 0.717) is 18.1 Å². The molecule has 3 rings (SSSR count). The molecular formula is C17H18N4O. The average Bonchev–Trinajstić information content (AvgIpc) is 2.90. The summed E-state index contributed by atoms with van der Waals surface area (Å²) >= 11 is 0. The van der Waals surface area contributed by atoms with Crippen LogP contribution in [0.3, 0.4) is 0 Å². The zero-order valence-corrected chi connectivity index (χ0v) is 12.7. The molecule has 0 radical (unpaired) electrons. The lowest BCUT2D eigenvalue weighted by atomic mass is 10.1. The van der Waals surface area contributed by atoms with Crippen LogP contribution in [0, 0.1) is 6.92 Å². The molecule has 2 N–H and O–H groups in total. The van der Waals surface area contributed by atoms with E-state index < -0.39 is 0 Å². The van der Waals surface area contributed by atoms with Crippen molar-refractivity contribution in [2.75, 3.05) is 12.3 Å². The van der Waals surface area contributed by atoms with E-state index >= 15 is 0 Å². The third-order valence-electron chi connectivity index (χ3n) is 3.39. The Hall–Kier alpha value is -2.82. The van der Waals surface area contributed by atoms with E-state index in [1.165, 1.54) is 0 Å². The molecule has 0 amide bonds. The van der Waals surface area contributed by atoms with E-state index in [4.69, 9.17) is 10.5 Å². The molecule has 2 aromatic carbocycles. The first kappa shape index (κ1) is 14.1. The molecule has 22 heavy (non-hydrogen) atoms. The van der Waals surface area contributed by atoms with E-state index in [1.807, 2.05) is 62.4 Å². The van der Waals surface area contributed by atoms with E-state index in [2.05, 4.69) is 10.3 Å². The van der Waals surface area contributed by atoms with Crippen molar-refractivity contribution >= 4 is 5.82 Å².